The predicted molar refractivity (Wildman–Crippen MR) is 53.8 cm³/mol. The molecule has 9 nitrogen and oxygen atoms in total. The van der Waals surface area contributed by atoms with Gasteiger partial charge in [0.25, 0.3) is 0 Å². The molecule has 10 heteroatoms. The van der Waals surface area contributed by atoms with Crippen LogP contribution in [-0.2, 0) is 24.2 Å². The molecule has 0 aromatic heterocycles. The van der Waals surface area contributed by atoms with E-state index in [1.807, 2.05) is 0 Å². The van der Waals surface area contributed by atoms with Gasteiger partial charge in [0.1, 0.15) is 6.04 Å². The lowest BCUT2D eigenvalue weighted by Gasteiger charge is -2.12. The Morgan fingerprint density at radius 2 is 1.88 bits per heavy atom. The fraction of sp³-hybridized carbons (Fsp3) is 0.714. The second kappa shape index (κ2) is 7.17. The molecule has 0 aliphatic heterocycles. The molecule has 0 aliphatic rings. The first-order valence-electron chi connectivity index (χ1n) is 4.52. The molecule has 0 radical (unpaired) electrons. The van der Waals surface area contributed by atoms with Gasteiger partial charge in [-0.1, -0.05) is 0 Å². The molecular formula is C7H13NO8S. The number of carboxylic acids is 2. The minimum absolute atomic E-state index is 0.142. The number of hydrogen-bond acceptors (Lipinski definition) is 6. The van der Waals surface area contributed by atoms with Crippen molar-refractivity contribution >= 4 is 22.3 Å². The Morgan fingerprint density at radius 1 is 1.29 bits per heavy atom. The highest BCUT2D eigenvalue weighted by atomic mass is 32.3. The Bertz CT molecular complexity index is 364. The van der Waals surface area contributed by atoms with E-state index in [-0.39, 0.29) is 19.4 Å². The molecule has 0 spiro atoms. The Labute approximate surface area is 97.3 Å². The van der Waals surface area contributed by atoms with Gasteiger partial charge in [-0.25, -0.2) is 4.18 Å². The van der Waals surface area contributed by atoms with Crippen molar-refractivity contribution in [2.75, 3.05) is 13.2 Å². The topological polar surface area (TPSA) is 150 Å². The summed E-state index contributed by atoms with van der Waals surface area (Å²) in [6.07, 6.45) is -0.473. The van der Waals surface area contributed by atoms with Crippen LogP contribution < -0.4 is 5.32 Å². The van der Waals surface area contributed by atoms with Gasteiger partial charge >= 0.3 is 22.3 Å². The maximum absolute atomic E-state index is 10.6. The maximum atomic E-state index is 10.6. The molecule has 100 valence electrons. The summed E-state index contributed by atoms with van der Waals surface area (Å²) in [7, 11) is -4.55. The first-order valence-corrected chi connectivity index (χ1v) is 5.88. The van der Waals surface area contributed by atoms with E-state index >= 15 is 0 Å². The molecule has 0 aromatic rings. The lowest BCUT2D eigenvalue weighted by atomic mass is 10.1. The Balaban J connectivity index is 3.94. The van der Waals surface area contributed by atoms with E-state index in [2.05, 4.69) is 9.50 Å². The van der Waals surface area contributed by atoms with Crippen LogP contribution in [0.4, 0.5) is 0 Å². The van der Waals surface area contributed by atoms with E-state index < -0.39 is 35.0 Å². The van der Waals surface area contributed by atoms with Gasteiger partial charge in [-0.2, -0.15) is 8.42 Å². The largest absolute Gasteiger partial charge is 0.481 e. The van der Waals surface area contributed by atoms with Gasteiger partial charge in [0.2, 0.25) is 0 Å². The zero-order valence-corrected chi connectivity index (χ0v) is 9.51. The zero-order chi connectivity index (χ0) is 13.5. The molecule has 0 fully saturated rings. The van der Waals surface area contributed by atoms with E-state index in [0.29, 0.717) is 0 Å². The number of rotatable bonds is 9. The van der Waals surface area contributed by atoms with Crippen LogP contribution in [-0.4, -0.2) is 54.3 Å². The zero-order valence-electron chi connectivity index (χ0n) is 8.70. The van der Waals surface area contributed by atoms with Crippen LogP contribution in [0.25, 0.3) is 0 Å². The van der Waals surface area contributed by atoms with Crippen molar-refractivity contribution in [3.63, 3.8) is 0 Å². The van der Waals surface area contributed by atoms with Crippen LogP contribution in [0.1, 0.15) is 12.8 Å². The van der Waals surface area contributed by atoms with Gasteiger partial charge in [-0.05, 0) is 6.42 Å². The number of nitrogens with one attached hydrogen (secondary N) is 1. The molecule has 17 heavy (non-hydrogen) atoms. The van der Waals surface area contributed by atoms with E-state index in [9.17, 15) is 18.0 Å². The predicted octanol–water partition coefficient (Wildman–Crippen LogP) is -1.29. The standard InChI is InChI=1S/C7H13NO8S/c9-6(10)2-1-5(7(11)12)8-3-4-16-17(13,14)15/h5,8H,1-4H2,(H,9,10)(H,11,12)(H,13,14,15)/t5-/m0/s1. The first kappa shape index (κ1) is 15.8. The van der Waals surface area contributed by atoms with Gasteiger partial charge in [0.15, 0.2) is 0 Å². The summed E-state index contributed by atoms with van der Waals surface area (Å²) < 4.78 is 32.4. The lowest BCUT2D eigenvalue weighted by molar-refractivity contribution is -0.140. The monoisotopic (exact) mass is 271 g/mol. The Hall–Kier alpha value is -1.23. The summed E-state index contributed by atoms with van der Waals surface area (Å²) >= 11 is 0. The van der Waals surface area contributed by atoms with Gasteiger partial charge in [0.05, 0.1) is 6.61 Å². The van der Waals surface area contributed by atoms with Gasteiger partial charge in [-0.3, -0.25) is 14.1 Å². The van der Waals surface area contributed by atoms with Crippen molar-refractivity contribution in [1.82, 2.24) is 5.32 Å². The minimum atomic E-state index is -4.55. The van der Waals surface area contributed by atoms with Gasteiger partial charge < -0.3 is 15.5 Å². The third-order valence-corrected chi connectivity index (χ3v) is 2.13. The van der Waals surface area contributed by atoms with Crippen molar-refractivity contribution in [2.45, 2.75) is 18.9 Å². The third kappa shape index (κ3) is 9.68. The van der Waals surface area contributed by atoms with Crippen molar-refractivity contribution in [3.05, 3.63) is 0 Å². The summed E-state index contributed by atoms with van der Waals surface area (Å²) in [5.74, 6) is -2.38. The van der Waals surface area contributed by atoms with Crippen LogP contribution in [0.2, 0.25) is 0 Å². The summed E-state index contributed by atoms with van der Waals surface area (Å²) in [6.45, 7) is -0.605. The maximum Gasteiger partial charge on any atom is 0.397 e. The second-order valence-corrected chi connectivity index (χ2v) is 4.12. The molecule has 0 unspecified atom stereocenters. The van der Waals surface area contributed by atoms with Crippen molar-refractivity contribution < 1.29 is 37.0 Å². The number of carbonyl (C=O) groups is 2. The molecule has 0 amide bonds. The average molecular weight is 271 g/mol. The molecule has 0 rings (SSSR count). The summed E-state index contributed by atoms with van der Waals surface area (Å²) in [5, 5.41) is 19.4. The van der Waals surface area contributed by atoms with E-state index in [1.54, 1.807) is 0 Å². The van der Waals surface area contributed by atoms with Crippen molar-refractivity contribution in [2.24, 2.45) is 0 Å². The molecule has 0 aliphatic carbocycles. The van der Waals surface area contributed by atoms with Crippen LogP contribution in [0.15, 0.2) is 0 Å². The molecule has 0 bridgehead atoms. The highest BCUT2D eigenvalue weighted by molar-refractivity contribution is 7.80. The van der Waals surface area contributed by atoms with E-state index in [4.69, 9.17) is 14.8 Å². The molecule has 1 atom stereocenters. The number of hydrogen-bond donors (Lipinski definition) is 4. The van der Waals surface area contributed by atoms with E-state index in [0.717, 1.165) is 0 Å². The van der Waals surface area contributed by atoms with E-state index in [1.165, 1.54) is 0 Å². The van der Waals surface area contributed by atoms with Crippen molar-refractivity contribution in [3.8, 4) is 0 Å². The molecule has 4 N–H and O–H groups in total. The molecular weight excluding hydrogens is 258 g/mol. The third-order valence-electron chi connectivity index (χ3n) is 1.67. The van der Waals surface area contributed by atoms with Crippen LogP contribution in [0.5, 0.6) is 0 Å². The number of carboxylic acid groups (broad SMARTS) is 2. The van der Waals surface area contributed by atoms with Gasteiger partial charge in [-0.15, -0.1) is 0 Å². The summed E-state index contributed by atoms with van der Waals surface area (Å²) in [4.78, 5) is 20.9. The highest BCUT2D eigenvalue weighted by Gasteiger charge is 2.17. The SMILES string of the molecule is O=C(O)CC[C@H](NCCOS(=O)(=O)O)C(=O)O. The van der Waals surface area contributed by atoms with Crippen LogP contribution >= 0.6 is 0 Å². The normalized spacial score (nSPS) is 13.2. The van der Waals surface area contributed by atoms with Gasteiger partial charge in [0, 0.05) is 13.0 Å². The summed E-state index contributed by atoms with van der Waals surface area (Å²) in [6, 6.07) is -1.11. The lowest BCUT2D eigenvalue weighted by Crippen LogP contribution is -2.39. The molecule has 0 aromatic carbocycles. The van der Waals surface area contributed by atoms with Crippen LogP contribution in [0.3, 0.4) is 0 Å². The molecule has 0 saturated heterocycles. The smallest absolute Gasteiger partial charge is 0.397 e. The van der Waals surface area contributed by atoms with Crippen molar-refractivity contribution in [1.29, 1.82) is 0 Å². The molecule has 0 saturated carbocycles. The Morgan fingerprint density at radius 3 is 2.29 bits per heavy atom. The van der Waals surface area contributed by atoms with Crippen LogP contribution in [0, 0.1) is 0 Å². The fourth-order valence-corrected chi connectivity index (χ4v) is 1.25. The summed E-state index contributed by atoms with van der Waals surface area (Å²) in [5.41, 5.74) is 0. The first-order chi connectivity index (χ1) is 7.72. The molecule has 0 heterocycles. The number of aliphatic carboxylic acids is 2. The fourth-order valence-electron chi connectivity index (χ4n) is 0.961. The second-order valence-electron chi connectivity index (χ2n) is 3.03. The Kier molecular flexibility index (Phi) is 6.65. The highest BCUT2D eigenvalue weighted by Crippen LogP contribution is 1.97. The quantitative estimate of drug-likeness (QED) is 0.296. The average Bonchev–Trinajstić information content (AvgIpc) is 2.13. The minimum Gasteiger partial charge on any atom is -0.481 e.